The van der Waals surface area contributed by atoms with Crippen LogP contribution in [0.1, 0.15) is 52.0 Å². The van der Waals surface area contributed by atoms with Gasteiger partial charge in [0.2, 0.25) is 5.91 Å². The van der Waals surface area contributed by atoms with E-state index in [1.54, 1.807) is 0 Å². The van der Waals surface area contributed by atoms with Crippen molar-refractivity contribution in [2.45, 2.75) is 63.6 Å². The average Bonchev–Trinajstić information content (AvgIpc) is 2.60. The molecule has 25 heavy (non-hydrogen) atoms. The Labute approximate surface area is 151 Å². The number of morpholine rings is 1. The Hall–Kier alpha value is -1.39. The van der Waals surface area contributed by atoms with Gasteiger partial charge in [-0.2, -0.15) is 0 Å². The molecular formula is C21H31NO3. The number of hydrogen-bond donors (Lipinski definition) is 0. The molecule has 138 valence electrons. The van der Waals surface area contributed by atoms with Crippen LogP contribution in [0.5, 0.6) is 0 Å². The number of rotatable bonds is 4. The lowest BCUT2D eigenvalue weighted by Gasteiger charge is -2.47. The summed E-state index contributed by atoms with van der Waals surface area (Å²) in [6.07, 6.45) is 3.49. The van der Waals surface area contributed by atoms with Gasteiger partial charge in [0.15, 0.2) is 0 Å². The van der Waals surface area contributed by atoms with Crippen molar-refractivity contribution in [3.05, 3.63) is 35.9 Å². The maximum Gasteiger partial charge on any atom is 0.222 e. The second-order valence-electron chi connectivity index (χ2n) is 8.29. The summed E-state index contributed by atoms with van der Waals surface area (Å²) in [4.78, 5) is 14.9. The zero-order valence-corrected chi connectivity index (χ0v) is 15.8. The number of hydrogen-bond acceptors (Lipinski definition) is 3. The molecular weight excluding hydrogens is 314 g/mol. The summed E-state index contributed by atoms with van der Waals surface area (Å²) in [5.41, 5.74) is 0.997. The fraction of sp³-hybridized carbons (Fsp3) is 0.667. The number of amides is 1. The molecule has 3 rings (SSSR count). The maximum absolute atomic E-state index is 12.9. The fourth-order valence-corrected chi connectivity index (χ4v) is 4.07. The number of carbonyl (C=O) groups is 1. The van der Waals surface area contributed by atoms with E-state index in [1.807, 2.05) is 11.0 Å². The van der Waals surface area contributed by atoms with Gasteiger partial charge < -0.3 is 14.4 Å². The largest absolute Gasteiger partial charge is 0.378 e. The summed E-state index contributed by atoms with van der Waals surface area (Å²) in [5.74, 6) is 0.240. The highest BCUT2D eigenvalue weighted by Gasteiger charge is 2.42. The average molecular weight is 345 g/mol. The Morgan fingerprint density at radius 3 is 2.76 bits per heavy atom. The SMILES string of the molecule is C[C@H]1CN(C(=O)CCC(C)(C)c2ccccc2)C[C@@]2(CCCOC2)O1. The van der Waals surface area contributed by atoms with E-state index < -0.39 is 0 Å². The van der Waals surface area contributed by atoms with Gasteiger partial charge in [-0.1, -0.05) is 44.2 Å². The maximum atomic E-state index is 12.9. The van der Waals surface area contributed by atoms with Crippen molar-refractivity contribution in [3.63, 3.8) is 0 Å². The van der Waals surface area contributed by atoms with Crippen molar-refractivity contribution < 1.29 is 14.3 Å². The molecule has 0 aliphatic carbocycles. The van der Waals surface area contributed by atoms with Crippen molar-refractivity contribution >= 4 is 5.91 Å². The molecule has 2 atom stereocenters. The Balaban J connectivity index is 1.60. The summed E-state index contributed by atoms with van der Waals surface area (Å²) in [5, 5.41) is 0. The number of benzene rings is 1. The standard InChI is InChI=1S/C21H31NO3/c1-17-14-22(15-21(25-17)11-7-13-24-16-21)19(23)10-12-20(2,3)18-8-5-4-6-9-18/h4-6,8-9,17H,7,10-16H2,1-3H3/t17-,21+/m0/s1. The van der Waals surface area contributed by atoms with Crippen LogP contribution in [0, 0.1) is 0 Å². The minimum absolute atomic E-state index is 0.000456. The molecule has 1 aromatic carbocycles. The second-order valence-corrected chi connectivity index (χ2v) is 8.29. The second kappa shape index (κ2) is 7.46. The summed E-state index contributed by atoms with van der Waals surface area (Å²) in [6, 6.07) is 10.5. The normalized spacial score (nSPS) is 27.5. The van der Waals surface area contributed by atoms with Crippen LogP contribution in [0.3, 0.4) is 0 Å². The molecule has 0 N–H and O–H groups in total. The fourth-order valence-electron chi connectivity index (χ4n) is 4.07. The van der Waals surface area contributed by atoms with E-state index >= 15 is 0 Å². The predicted octanol–water partition coefficient (Wildman–Crippen LogP) is 3.54. The van der Waals surface area contributed by atoms with Gasteiger partial charge in [-0.25, -0.2) is 0 Å². The van der Waals surface area contributed by atoms with E-state index in [1.165, 1.54) is 5.56 Å². The van der Waals surface area contributed by atoms with E-state index in [2.05, 4.69) is 45.0 Å². The first-order valence-electron chi connectivity index (χ1n) is 9.49. The molecule has 0 unspecified atom stereocenters. The number of ether oxygens (including phenoxy) is 2. The number of nitrogens with zero attached hydrogens (tertiary/aromatic N) is 1. The summed E-state index contributed by atoms with van der Waals surface area (Å²) >= 11 is 0. The quantitative estimate of drug-likeness (QED) is 0.838. The molecule has 0 radical (unpaired) electrons. The highest BCUT2D eigenvalue weighted by Crippen LogP contribution is 2.32. The third-order valence-corrected chi connectivity index (χ3v) is 5.57. The van der Waals surface area contributed by atoms with Gasteiger partial charge in [0.05, 0.1) is 19.3 Å². The molecule has 0 saturated carbocycles. The molecule has 1 aromatic rings. The minimum Gasteiger partial charge on any atom is -0.378 e. The summed E-state index contributed by atoms with van der Waals surface area (Å²) < 4.78 is 11.8. The third kappa shape index (κ3) is 4.42. The first kappa shape index (κ1) is 18.4. The van der Waals surface area contributed by atoms with E-state index in [0.29, 0.717) is 26.1 Å². The topological polar surface area (TPSA) is 38.8 Å². The first-order valence-corrected chi connectivity index (χ1v) is 9.49. The molecule has 1 amide bonds. The lowest BCUT2D eigenvalue weighted by atomic mass is 9.80. The Morgan fingerprint density at radius 2 is 2.08 bits per heavy atom. The van der Waals surface area contributed by atoms with Gasteiger partial charge >= 0.3 is 0 Å². The van der Waals surface area contributed by atoms with Gasteiger partial charge in [-0.15, -0.1) is 0 Å². The smallest absolute Gasteiger partial charge is 0.222 e. The summed E-state index contributed by atoms with van der Waals surface area (Å²) in [7, 11) is 0. The Bertz CT molecular complexity index is 578. The highest BCUT2D eigenvalue weighted by molar-refractivity contribution is 5.76. The van der Waals surface area contributed by atoms with Crippen molar-refractivity contribution in [1.29, 1.82) is 0 Å². The number of carbonyl (C=O) groups excluding carboxylic acids is 1. The monoisotopic (exact) mass is 345 g/mol. The molecule has 2 aliphatic rings. The van der Waals surface area contributed by atoms with Crippen LogP contribution in [0.25, 0.3) is 0 Å². The molecule has 1 spiro atoms. The van der Waals surface area contributed by atoms with Crippen LogP contribution in [-0.2, 0) is 19.7 Å². The van der Waals surface area contributed by atoms with Gasteiger partial charge in [-0.05, 0) is 37.2 Å². The lowest BCUT2D eigenvalue weighted by Crippen LogP contribution is -2.59. The molecule has 2 fully saturated rings. The van der Waals surface area contributed by atoms with Crippen molar-refractivity contribution in [2.75, 3.05) is 26.3 Å². The van der Waals surface area contributed by atoms with Gasteiger partial charge in [0.1, 0.15) is 5.60 Å². The molecule has 2 aliphatic heterocycles. The van der Waals surface area contributed by atoms with E-state index in [0.717, 1.165) is 25.9 Å². The molecule has 0 aromatic heterocycles. The van der Waals surface area contributed by atoms with Gasteiger partial charge in [-0.3, -0.25) is 4.79 Å². The first-order chi connectivity index (χ1) is 11.9. The van der Waals surface area contributed by atoms with Gasteiger partial charge in [0.25, 0.3) is 0 Å². The van der Waals surface area contributed by atoms with Crippen LogP contribution < -0.4 is 0 Å². The minimum atomic E-state index is -0.291. The van der Waals surface area contributed by atoms with E-state index in [9.17, 15) is 4.79 Å². The molecule has 2 heterocycles. The Morgan fingerprint density at radius 1 is 1.32 bits per heavy atom. The lowest BCUT2D eigenvalue weighted by molar-refractivity contribution is -0.199. The van der Waals surface area contributed by atoms with Crippen molar-refractivity contribution in [2.24, 2.45) is 0 Å². The van der Waals surface area contributed by atoms with Crippen LogP contribution in [0.2, 0.25) is 0 Å². The van der Waals surface area contributed by atoms with Crippen LogP contribution >= 0.6 is 0 Å². The van der Waals surface area contributed by atoms with E-state index in [-0.39, 0.29) is 23.0 Å². The highest BCUT2D eigenvalue weighted by atomic mass is 16.6. The third-order valence-electron chi connectivity index (χ3n) is 5.57. The van der Waals surface area contributed by atoms with Crippen LogP contribution in [-0.4, -0.2) is 48.8 Å². The predicted molar refractivity (Wildman–Crippen MR) is 98.6 cm³/mol. The zero-order chi connectivity index (χ0) is 17.9. The van der Waals surface area contributed by atoms with Crippen LogP contribution in [0.4, 0.5) is 0 Å². The Kier molecular flexibility index (Phi) is 5.49. The van der Waals surface area contributed by atoms with Crippen molar-refractivity contribution in [3.8, 4) is 0 Å². The molecule has 4 nitrogen and oxygen atoms in total. The zero-order valence-electron chi connectivity index (χ0n) is 15.8. The molecule has 0 bridgehead atoms. The van der Waals surface area contributed by atoms with Crippen molar-refractivity contribution in [1.82, 2.24) is 4.90 Å². The van der Waals surface area contributed by atoms with Gasteiger partial charge in [0, 0.05) is 19.6 Å². The molecule has 2 saturated heterocycles. The summed E-state index contributed by atoms with van der Waals surface area (Å²) in [6.45, 7) is 9.26. The van der Waals surface area contributed by atoms with E-state index in [4.69, 9.17) is 9.47 Å². The van der Waals surface area contributed by atoms with Crippen LogP contribution in [0.15, 0.2) is 30.3 Å². The molecule has 4 heteroatoms.